The zero-order valence-electron chi connectivity index (χ0n) is 15.8. The molecule has 2 aromatic rings. The number of morpholine rings is 1. The van der Waals surface area contributed by atoms with Crippen molar-refractivity contribution in [3.8, 4) is 0 Å². The first-order chi connectivity index (χ1) is 13.9. The molecule has 156 valence electrons. The maximum atomic E-state index is 12.2. The van der Waals surface area contributed by atoms with Gasteiger partial charge >= 0.3 is 0 Å². The summed E-state index contributed by atoms with van der Waals surface area (Å²) in [5, 5.41) is 2.81. The van der Waals surface area contributed by atoms with E-state index in [4.69, 9.17) is 4.74 Å². The van der Waals surface area contributed by atoms with E-state index < -0.39 is 10.0 Å². The standard InChI is InChI=1S/C19H23BrN4O4S/c20-16-2-1-3-17(13-16)29(26,27)23-7-5-19(25)22-14-15-4-6-21-18(12-15)24-8-10-28-11-9-24/h1-4,6,12-13,23H,5,7-11,14H2,(H,22,25). The number of benzene rings is 1. The summed E-state index contributed by atoms with van der Waals surface area (Å²) >= 11 is 3.25. The molecular weight excluding hydrogens is 460 g/mol. The monoisotopic (exact) mass is 482 g/mol. The highest BCUT2D eigenvalue weighted by Crippen LogP contribution is 2.16. The minimum atomic E-state index is -3.65. The van der Waals surface area contributed by atoms with E-state index >= 15 is 0 Å². The minimum absolute atomic E-state index is 0.0239. The Morgan fingerprint density at radius 3 is 2.76 bits per heavy atom. The summed E-state index contributed by atoms with van der Waals surface area (Å²) in [6.45, 7) is 3.33. The number of carbonyl (C=O) groups is 1. The van der Waals surface area contributed by atoms with E-state index in [0.717, 1.165) is 24.5 Å². The Hall–Kier alpha value is -2.01. The third kappa shape index (κ3) is 6.49. The van der Waals surface area contributed by atoms with Crippen molar-refractivity contribution in [2.75, 3.05) is 37.7 Å². The van der Waals surface area contributed by atoms with Gasteiger partial charge in [-0.3, -0.25) is 4.79 Å². The molecule has 0 bridgehead atoms. The van der Waals surface area contributed by atoms with Crippen molar-refractivity contribution in [2.24, 2.45) is 0 Å². The highest BCUT2D eigenvalue weighted by atomic mass is 79.9. The van der Waals surface area contributed by atoms with E-state index in [1.807, 2.05) is 12.1 Å². The molecule has 1 saturated heterocycles. The third-order valence-corrected chi connectivity index (χ3v) is 6.34. The van der Waals surface area contributed by atoms with E-state index in [9.17, 15) is 13.2 Å². The predicted molar refractivity (Wildman–Crippen MR) is 113 cm³/mol. The van der Waals surface area contributed by atoms with Crippen molar-refractivity contribution in [1.29, 1.82) is 0 Å². The molecule has 1 fully saturated rings. The van der Waals surface area contributed by atoms with Crippen LogP contribution in [0.5, 0.6) is 0 Å². The van der Waals surface area contributed by atoms with Crippen LogP contribution >= 0.6 is 15.9 Å². The first-order valence-electron chi connectivity index (χ1n) is 9.23. The van der Waals surface area contributed by atoms with Gasteiger partial charge in [0, 0.05) is 43.3 Å². The van der Waals surface area contributed by atoms with Crippen LogP contribution in [0.4, 0.5) is 5.82 Å². The smallest absolute Gasteiger partial charge is 0.240 e. The third-order valence-electron chi connectivity index (χ3n) is 4.39. The number of nitrogens with zero attached hydrogens (tertiary/aromatic N) is 2. The van der Waals surface area contributed by atoms with Gasteiger partial charge in [0.1, 0.15) is 5.82 Å². The molecule has 1 aromatic carbocycles. The Kier molecular flexibility index (Phi) is 7.59. The predicted octanol–water partition coefficient (Wildman–Crippen LogP) is 1.67. The fourth-order valence-electron chi connectivity index (χ4n) is 2.84. The maximum absolute atomic E-state index is 12.2. The molecule has 10 heteroatoms. The van der Waals surface area contributed by atoms with E-state index in [0.29, 0.717) is 24.2 Å². The SMILES string of the molecule is O=C(CCNS(=O)(=O)c1cccc(Br)c1)NCc1ccnc(N2CCOCC2)c1. The van der Waals surface area contributed by atoms with E-state index in [1.165, 1.54) is 12.1 Å². The molecule has 2 heterocycles. The van der Waals surface area contributed by atoms with Crippen LogP contribution in [0.25, 0.3) is 0 Å². The van der Waals surface area contributed by atoms with Gasteiger partial charge in [-0.25, -0.2) is 18.1 Å². The molecular formula is C19H23BrN4O4S. The number of hydrogen-bond acceptors (Lipinski definition) is 6. The minimum Gasteiger partial charge on any atom is -0.378 e. The highest BCUT2D eigenvalue weighted by Gasteiger charge is 2.15. The molecule has 2 N–H and O–H groups in total. The number of carbonyl (C=O) groups excluding carboxylic acids is 1. The van der Waals surface area contributed by atoms with Crippen molar-refractivity contribution >= 4 is 37.7 Å². The van der Waals surface area contributed by atoms with E-state index in [1.54, 1.807) is 18.3 Å². The van der Waals surface area contributed by atoms with Crippen LogP contribution < -0.4 is 14.9 Å². The van der Waals surface area contributed by atoms with Gasteiger partial charge in [-0.1, -0.05) is 22.0 Å². The molecule has 0 unspecified atom stereocenters. The number of pyridine rings is 1. The van der Waals surface area contributed by atoms with Crippen molar-refractivity contribution in [2.45, 2.75) is 17.9 Å². The van der Waals surface area contributed by atoms with Crippen LogP contribution in [-0.4, -0.2) is 52.2 Å². The van der Waals surface area contributed by atoms with Crippen molar-refractivity contribution in [3.63, 3.8) is 0 Å². The molecule has 0 atom stereocenters. The molecule has 8 nitrogen and oxygen atoms in total. The fourth-order valence-corrected chi connectivity index (χ4v) is 4.47. The van der Waals surface area contributed by atoms with E-state index in [-0.39, 0.29) is 23.8 Å². The Morgan fingerprint density at radius 2 is 2.00 bits per heavy atom. The van der Waals surface area contributed by atoms with Crippen LogP contribution in [-0.2, 0) is 26.1 Å². The lowest BCUT2D eigenvalue weighted by Crippen LogP contribution is -2.36. The number of anilines is 1. The number of halogens is 1. The highest BCUT2D eigenvalue weighted by molar-refractivity contribution is 9.10. The van der Waals surface area contributed by atoms with Gasteiger partial charge in [-0.15, -0.1) is 0 Å². The molecule has 0 spiro atoms. The molecule has 1 amide bonds. The first kappa shape index (κ1) is 21.7. The van der Waals surface area contributed by atoms with Gasteiger partial charge in [0.15, 0.2) is 0 Å². The Bertz CT molecular complexity index is 949. The van der Waals surface area contributed by atoms with Crippen LogP contribution in [0.1, 0.15) is 12.0 Å². The summed E-state index contributed by atoms with van der Waals surface area (Å²) in [7, 11) is -3.65. The van der Waals surface area contributed by atoms with E-state index in [2.05, 4.69) is 35.9 Å². The summed E-state index contributed by atoms with van der Waals surface area (Å²) in [6.07, 6.45) is 1.77. The van der Waals surface area contributed by atoms with Crippen LogP contribution in [0, 0.1) is 0 Å². The zero-order valence-corrected chi connectivity index (χ0v) is 18.2. The lowest BCUT2D eigenvalue weighted by Gasteiger charge is -2.28. The number of ether oxygens (including phenoxy) is 1. The van der Waals surface area contributed by atoms with Crippen molar-refractivity contribution < 1.29 is 17.9 Å². The molecule has 0 aliphatic carbocycles. The normalized spacial score (nSPS) is 14.6. The lowest BCUT2D eigenvalue weighted by atomic mass is 10.2. The van der Waals surface area contributed by atoms with Gasteiger partial charge in [0.05, 0.1) is 18.1 Å². The van der Waals surface area contributed by atoms with Crippen LogP contribution in [0.15, 0.2) is 52.0 Å². The Morgan fingerprint density at radius 1 is 1.21 bits per heavy atom. The molecule has 1 aromatic heterocycles. The molecule has 0 saturated carbocycles. The number of nitrogens with one attached hydrogen (secondary N) is 2. The summed E-state index contributed by atoms with van der Waals surface area (Å²) in [6, 6.07) is 10.2. The van der Waals surface area contributed by atoms with Crippen molar-refractivity contribution in [1.82, 2.24) is 15.0 Å². The number of amides is 1. The number of sulfonamides is 1. The summed E-state index contributed by atoms with van der Waals surface area (Å²) in [5.74, 6) is 0.633. The van der Waals surface area contributed by atoms with Gasteiger partial charge < -0.3 is 15.0 Å². The topological polar surface area (TPSA) is 101 Å². The quantitative estimate of drug-likeness (QED) is 0.593. The van der Waals surface area contributed by atoms with Gasteiger partial charge in [-0.05, 0) is 35.9 Å². The summed E-state index contributed by atoms with van der Waals surface area (Å²) < 4.78 is 33.0. The molecule has 29 heavy (non-hydrogen) atoms. The van der Waals surface area contributed by atoms with Gasteiger partial charge in [-0.2, -0.15) is 0 Å². The zero-order chi connectivity index (χ0) is 20.7. The number of aromatic nitrogens is 1. The Labute approximate surface area is 178 Å². The summed E-state index contributed by atoms with van der Waals surface area (Å²) in [4.78, 5) is 18.8. The second-order valence-electron chi connectivity index (χ2n) is 6.50. The molecule has 3 rings (SSSR count). The van der Waals surface area contributed by atoms with Gasteiger partial charge in [0.2, 0.25) is 15.9 Å². The lowest BCUT2D eigenvalue weighted by molar-refractivity contribution is -0.121. The second-order valence-corrected chi connectivity index (χ2v) is 9.19. The Balaban J connectivity index is 1.45. The van der Waals surface area contributed by atoms with Crippen molar-refractivity contribution in [3.05, 3.63) is 52.6 Å². The molecule has 1 aliphatic heterocycles. The van der Waals surface area contributed by atoms with Crippen LogP contribution in [0.2, 0.25) is 0 Å². The van der Waals surface area contributed by atoms with Gasteiger partial charge in [0.25, 0.3) is 0 Å². The summed E-state index contributed by atoms with van der Waals surface area (Å²) in [5.41, 5.74) is 0.935. The largest absolute Gasteiger partial charge is 0.378 e. The number of hydrogen-bond donors (Lipinski definition) is 2. The average molecular weight is 483 g/mol. The second kappa shape index (κ2) is 10.1. The average Bonchev–Trinajstić information content (AvgIpc) is 2.73. The first-order valence-corrected chi connectivity index (χ1v) is 11.5. The fraction of sp³-hybridized carbons (Fsp3) is 0.368. The van der Waals surface area contributed by atoms with Crippen LogP contribution in [0.3, 0.4) is 0 Å². The number of rotatable bonds is 8. The molecule has 0 radical (unpaired) electrons. The maximum Gasteiger partial charge on any atom is 0.240 e. The molecule has 1 aliphatic rings.